The molecule has 1 aliphatic rings. The van der Waals surface area contributed by atoms with Crippen molar-refractivity contribution in [1.29, 1.82) is 0 Å². The average Bonchev–Trinajstić information content (AvgIpc) is 3.47. The predicted molar refractivity (Wildman–Crippen MR) is 102 cm³/mol. The van der Waals surface area contributed by atoms with E-state index < -0.39 is 0 Å². The van der Waals surface area contributed by atoms with Gasteiger partial charge in [-0.15, -0.1) is 0 Å². The van der Waals surface area contributed by atoms with Crippen molar-refractivity contribution in [2.45, 2.75) is 45.3 Å². The van der Waals surface area contributed by atoms with Crippen LogP contribution < -0.4 is 5.32 Å². The van der Waals surface area contributed by atoms with Crippen LogP contribution in [0.4, 0.5) is 8.78 Å². The fourth-order valence-corrected chi connectivity index (χ4v) is 3.29. The number of rotatable bonds is 8. The largest absolute Gasteiger partial charge is 0.348 e. The highest BCUT2D eigenvalue weighted by Crippen LogP contribution is 2.28. The Balaban J connectivity index is 1.64. The minimum Gasteiger partial charge on any atom is -0.348 e. The molecule has 1 atom stereocenters. The number of benzene rings is 2. The van der Waals surface area contributed by atoms with Crippen LogP contribution in [0.2, 0.25) is 0 Å². The van der Waals surface area contributed by atoms with E-state index in [1.54, 1.807) is 24.3 Å². The lowest BCUT2D eigenvalue weighted by molar-refractivity contribution is -0.123. The van der Waals surface area contributed by atoms with E-state index >= 15 is 0 Å². The van der Waals surface area contributed by atoms with Crippen LogP contribution in [0.3, 0.4) is 0 Å². The first-order valence-corrected chi connectivity index (χ1v) is 9.45. The summed E-state index contributed by atoms with van der Waals surface area (Å²) in [4.78, 5) is 14.8. The molecule has 0 bridgehead atoms. The third kappa shape index (κ3) is 5.60. The molecule has 2 aromatic carbocycles. The van der Waals surface area contributed by atoms with Gasteiger partial charge in [0.05, 0.1) is 12.6 Å². The number of nitrogens with zero attached hydrogens (tertiary/aromatic N) is 1. The van der Waals surface area contributed by atoms with Gasteiger partial charge >= 0.3 is 0 Å². The van der Waals surface area contributed by atoms with Gasteiger partial charge in [-0.1, -0.05) is 38.1 Å². The van der Waals surface area contributed by atoms with E-state index in [2.05, 4.69) is 10.2 Å². The molecule has 1 saturated carbocycles. The maximum absolute atomic E-state index is 13.2. The second-order valence-electron chi connectivity index (χ2n) is 7.60. The van der Waals surface area contributed by atoms with Crippen LogP contribution in [-0.2, 0) is 11.3 Å². The third-order valence-electron chi connectivity index (χ3n) is 4.92. The highest BCUT2D eigenvalue weighted by atomic mass is 19.1. The number of carbonyl (C=O) groups is 1. The van der Waals surface area contributed by atoms with Crippen molar-refractivity contribution in [2.75, 3.05) is 6.54 Å². The molecule has 1 unspecified atom stereocenters. The molecule has 0 aliphatic heterocycles. The van der Waals surface area contributed by atoms with Gasteiger partial charge < -0.3 is 5.32 Å². The van der Waals surface area contributed by atoms with Crippen LogP contribution in [0, 0.1) is 17.6 Å². The molecule has 0 saturated heterocycles. The summed E-state index contributed by atoms with van der Waals surface area (Å²) in [5, 5.41) is 3.10. The number of hydrogen-bond acceptors (Lipinski definition) is 2. The molecule has 3 nitrogen and oxygen atoms in total. The van der Waals surface area contributed by atoms with Crippen molar-refractivity contribution in [3.63, 3.8) is 0 Å². The lowest BCUT2D eigenvalue weighted by atomic mass is 9.96. The fraction of sp³-hybridized carbons (Fsp3) is 0.409. The summed E-state index contributed by atoms with van der Waals surface area (Å²) < 4.78 is 26.3. The molecule has 0 spiro atoms. The maximum Gasteiger partial charge on any atom is 0.234 e. The Morgan fingerprint density at radius 1 is 1.04 bits per heavy atom. The van der Waals surface area contributed by atoms with Gasteiger partial charge in [0.2, 0.25) is 5.91 Å². The van der Waals surface area contributed by atoms with Crippen LogP contribution in [-0.4, -0.2) is 23.4 Å². The van der Waals surface area contributed by atoms with Gasteiger partial charge in [0, 0.05) is 12.6 Å². The van der Waals surface area contributed by atoms with Gasteiger partial charge in [-0.25, -0.2) is 8.78 Å². The van der Waals surface area contributed by atoms with Crippen molar-refractivity contribution >= 4 is 5.91 Å². The number of halogens is 2. The molecule has 1 fully saturated rings. The minimum atomic E-state index is -0.285. The Morgan fingerprint density at radius 3 is 2.11 bits per heavy atom. The monoisotopic (exact) mass is 372 g/mol. The summed E-state index contributed by atoms with van der Waals surface area (Å²) >= 11 is 0. The van der Waals surface area contributed by atoms with Crippen LogP contribution >= 0.6 is 0 Å². The van der Waals surface area contributed by atoms with Gasteiger partial charge in [0.25, 0.3) is 0 Å². The summed E-state index contributed by atoms with van der Waals surface area (Å²) in [7, 11) is 0. The quantitative estimate of drug-likeness (QED) is 0.743. The van der Waals surface area contributed by atoms with E-state index in [4.69, 9.17) is 0 Å². The standard InChI is InChI=1S/C22H26F2N2O/c1-15(2)22(17-5-9-19(24)10-6-17)25-21(27)14-26(20-11-12-20)13-16-3-7-18(23)8-4-16/h3-10,15,20,22H,11-14H2,1-2H3,(H,25,27). The van der Waals surface area contributed by atoms with Crippen molar-refractivity contribution in [2.24, 2.45) is 5.92 Å². The van der Waals surface area contributed by atoms with E-state index in [0.717, 1.165) is 24.0 Å². The van der Waals surface area contributed by atoms with Crippen molar-refractivity contribution in [3.8, 4) is 0 Å². The van der Waals surface area contributed by atoms with E-state index in [1.807, 2.05) is 13.8 Å². The zero-order chi connectivity index (χ0) is 19.4. The summed E-state index contributed by atoms with van der Waals surface area (Å²) in [6.45, 7) is 4.99. The van der Waals surface area contributed by atoms with Gasteiger partial charge in [-0.3, -0.25) is 9.69 Å². The smallest absolute Gasteiger partial charge is 0.234 e. The molecule has 144 valence electrons. The Hall–Kier alpha value is -2.27. The molecular weight excluding hydrogens is 346 g/mol. The van der Waals surface area contributed by atoms with Crippen molar-refractivity contribution in [1.82, 2.24) is 10.2 Å². The topological polar surface area (TPSA) is 32.3 Å². The minimum absolute atomic E-state index is 0.0490. The number of nitrogens with one attached hydrogen (secondary N) is 1. The molecule has 5 heteroatoms. The molecular formula is C22H26F2N2O. The molecule has 1 amide bonds. The number of hydrogen-bond donors (Lipinski definition) is 1. The Kier molecular flexibility index (Phi) is 6.22. The number of carbonyl (C=O) groups excluding carboxylic acids is 1. The van der Waals surface area contributed by atoms with Crippen LogP contribution in [0.15, 0.2) is 48.5 Å². The Bertz CT molecular complexity index is 755. The summed E-state index contributed by atoms with van der Waals surface area (Å²) in [5.74, 6) is -0.404. The normalized spacial score (nSPS) is 15.2. The second-order valence-corrected chi connectivity index (χ2v) is 7.60. The lowest BCUT2D eigenvalue weighted by Gasteiger charge is -2.26. The first-order chi connectivity index (χ1) is 12.9. The zero-order valence-electron chi connectivity index (χ0n) is 15.8. The van der Waals surface area contributed by atoms with E-state index in [1.165, 1.54) is 24.3 Å². The maximum atomic E-state index is 13.2. The first kappa shape index (κ1) is 19.5. The van der Waals surface area contributed by atoms with Crippen molar-refractivity contribution < 1.29 is 13.6 Å². The molecule has 1 N–H and O–H groups in total. The highest BCUT2D eigenvalue weighted by molar-refractivity contribution is 5.78. The van der Waals surface area contributed by atoms with E-state index in [-0.39, 0.29) is 29.5 Å². The molecule has 0 heterocycles. The zero-order valence-corrected chi connectivity index (χ0v) is 15.8. The van der Waals surface area contributed by atoms with Gasteiger partial charge in [-0.05, 0) is 54.2 Å². The summed E-state index contributed by atoms with van der Waals surface area (Å²) in [6.07, 6.45) is 2.17. The van der Waals surface area contributed by atoms with Gasteiger partial charge in [-0.2, -0.15) is 0 Å². The number of amides is 1. The van der Waals surface area contributed by atoms with E-state index in [9.17, 15) is 13.6 Å². The molecule has 27 heavy (non-hydrogen) atoms. The lowest BCUT2D eigenvalue weighted by Crippen LogP contribution is -2.40. The molecule has 3 rings (SSSR count). The van der Waals surface area contributed by atoms with Crippen LogP contribution in [0.1, 0.15) is 43.9 Å². The predicted octanol–water partition coefficient (Wildman–Crippen LogP) is 4.44. The Morgan fingerprint density at radius 2 is 1.59 bits per heavy atom. The van der Waals surface area contributed by atoms with Crippen LogP contribution in [0.5, 0.6) is 0 Å². The van der Waals surface area contributed by atoms with E-state index in [0.29, 0.717) is 19.1 Å². The highest BCUT2D eigenvalue weighted by Gasteiger charge is 2.31. The average molecular weight is 372 g/mol. The van der Waals surface area contributed by atoms with Gasteiger partial charge in [0.15, 0.2) is 0 Å². The fourth-order valence-electron chi connectivity index (χ4n) is 3.29. The molecule has 0 radical (unpaired) electrons. The molecule has 1 aliphatic carbocycles. The SMILES string of the molecule is CC(C)C(NC(=O)CN(Cc1ccc(F)cc1)C1CC1)c1ccc(F)cc1. The van der Waals surface area contributed by atoms with Crippen LogP contribution in [0.25, 0.3) is 0 Å². The first-order valence-electron chi connectivity index (χ1n) is 9.45. The van der Waals surface area contributed by atoms with Crippen molar-refractivity contribution in [3.05, 3.63) is 71.3 Å². The molecule has 0 aromatic heterocycles. The van der Waals surface area contributed by atoms with Gasteiger partial charge in [0.1, 0.15) is 11.6 Å². The molecule has 2 aromatic rings. The summed E-state index contributed by atoms with van der Waals surface area (Å²) in [5.41, 5.74) is 1.89. The Labute approximate surface area is 159 Å². The second kappa shape index (κ2) is 8.61. The summed E-state index contributed by atoms with van der Waals surface area (Å²) in [6, 6.07) is 12.9. The third-order valence-corrected chi connectivity index (χ3v) is 4.92.